The number of aliphatic hydroxyl groups excluding tert-OH is 1. The summed E-state index contributed by atoms with van der Waals surface area (Å²) < 4.78 is 5.85. The minimum Gasteiger partial charge on any atom is -0.436 e. The summed E-state index contributed by atoms with van der Waals surface area (Å²) in [6.07, 6.45) is 0.426. The average Bonchev–Trinajstić information content (AvgIpc) is 3.14. The molecule has 1 unspecified atom stereocenters. The van der Waals surface area contributed by atoms with E-state index < -0.39 is 18.0 Å². The topological polar surface area (TPSA) is 127 Å². The van der Waals surface area contributed by atoms with Crippen LogP contribution < -0.4 is 15.1 Å². The summed E-state index contributed by atoms with van der Waals surface area (Å²) in [5, 5.41) is 26.4. The van der Waals surface area contributed by atoms with Crippen molar-refractivity contribution in [1.82, 2.24) is 15.3 Å². The molecule has 4 rings (SSSR count). The number of nitrogens with zero attached hydrogens (tertiary/aromatic N) is 4. The van der Waals surface area contributed by atoms with Gasteiger partial charge in [-0.05, 0) is 29.7 Å². The van der Waals surface area contributed by atoms with Crippen LogP contribution in [-0.2, 0) is 4.79 Å². The van der Waals surface area contributed by atoms with Crippen molar-refractivity contribution in [3.63, 3.8) is 0 Å². The number of aliphatic hydroxyl groups is 1. The van der Waals surface area contributed by atoms with Crippen molar-refractivity contribution in [3.8, 4) is 17.7 Å². The molecule has 0 radical (unpaired) electrons. The fourth-order valence-electron chi connectivity index (χ4n) is 3.11. The van der Waals surface area contributed by atoms with Crippen LogP contribution in [0.25, 0.3) is 11.0 Å². The standard InChI is InChI=1S/C20H16Cl2N6O3/c1-9(2)11-8-24-14-3-4-16(25-17(11)14)31-18-12(21)5-10(6-13(18)22)28-20(30)26-19(29)15(7-23)27-28/h3-6,8-9,20,24,30H,1-2H3,(H,26,29). The molecule has 9 nitrogen and oxygen atoms in total. The number of benzene rings is 1. The van der Waals surface area contributed by atoms with E-state index in [0.29, 0.717) is 5.88 Å². The van der Waals surface area contributed by atoms with Crippen LogP contribution in [0.1, 0.15) is 25.3 Å². The number of ether oxygens (including phenoxy) is 1. The molecular formula is C20H16Cl2N6O3. The predicted octanol–water partition coefficient (Wildman–Crippen LogP) is 3.88. The Hall–Kier alpha value is -3.32. The largest absolute Gasteiger partial charge is 0.436 e. The molecule has 3 aromatic rings. The van der Waals surface area contributed by atoms with E-state index in [1.807, 2.05) is 12.3 Å². The number of hydrogen-bond acceptors (Lipinski definition) is 7. The Labute approximate surface area is 186 Å². The third kappa shape index (κ3) is 3.88. The average molecular weight is 459 g/mol. The molecule has 3 N–H and O–H groups in total. The van der Waals surface area contributed by atoms with Crippen molar-refractivity contribution in [2.45, 2.75) is 26.1 Å². The van der Waals surface area contributed by atoms with Crippen LogP contribution in [0.3, 0.4) is 0 Å². The molecule has 31 heavy (non-hydrogen) atoms. The van der Waals surface area contributed by atoms with E-state index >= 15 is 0 Å². The zero-order valence-electron chi connectivity index (χ0n) is 16.3. The van der Waals surface area contributed by atoms with Crippen molar-refractivity contribution in [3.05, 3.63) is 46.1 Å². The maximum absolute atomic E-state index is 11.6. The molecule has 0 saturated heterocycles. The molecule has 0 aliphatic carbocycles. The van der Waals surface area contributed by atoms with Gasteiger partial charge in [-0.1, -0.05) is 37.0 Å². The molecule has 3 heterocycles. The van der Waals surface area contributed by atoms with Crippen LogP contribution in [0.15, 0.2) is 35.6 Å². The van der Waals surface area contributed by atoms with E-state index in [4.69, 9.17) is 33.2 Å². The molecule has 11 heteroatoms. The Balaban J connectivity index is 1.68. The lowest BCUT2D eigenvalue weighted by atomic mass is 10.1. The monoisotopic (exact) mass is 458 g/mol. The second-order valence-corrected chi connectivity index (χ2v) is 7.85. The first-order valence-corrected chi connectivity index (χ1v) is 9.96. The Morgan fingerprint density at radius 3 is 2.65 bits per heavy atom. The maximum atomic E-state index is 11.6. The Kier molecular flexibility index (Phi) is 5.45. The van der Waals surface area contributed by atoms with Crippen molar-refractivity contribution in [2.75, 3.05) is 5.01 Å². The molecule has 0 spiro atoms. The van der Waals surface area contributed by atoms with E-state index in [1.54, 1.807) is 12.1 Å². The number of hydrogen-bond donors (Lipinski definition) is 3. The molecule has 2 aromatic heterocycles. The Morgan fingerprint density at radius 2 is 2.00 bits per heavy atom. The van der Waals surface area contributed by atoms with Crippen molar-refractivity contribution in [1.29, 1.82) is 5.26 Å². The summed E-state index contributed by atoms with van der Waals surface area (Å²) in [6, 6.07) is 8.08. The number of carbonyl (C=O) groups is 1. The Bertz CT molecular complexity index is 1240. The van der Waals surface area contributed by atoms with E-state index in [0.717, 1.165) is 21.6 Å². The van der Waals surface area contributed by atoms with Crippen LogP contribution in [-0.4, -0.2) is 33.0 Å². The number of amides is 1. The van der Waals surface area contributed by atoms with E-state index in [9.17, 15) is 9.90 Å². The van der Waals surface area contributed by atoms with Gasteiger partial charge in [0.15, 0.2) is 5.75 Å². The molecule has 1 atom stereocenters. The first kappa shape index (κ1) is 20.9. The van der Waals surface area contributed by atoms with Gasteiger partial charge in [0.05, 0.1) is 26.8 Å². The number of halogens is 2. The van der Waals surface area contributed by atoms with Crippen molar-refractivity contribution in [2.24, 2.45) is 5.10 Å². The smallest absolute Gasteiger partial charge is 0.286 e. The number of pyridine rings is 1. The number of hydrazone groups is 1. The molecule has 1 aliphatic rings. The van der Waals surface area contributed by atoms with Crippen molar-refractivity contribution < 1.29 is 14.6 Å². The lowest BCUT2D eigenvalue weighted by molar-refractivity contribution is -0.118. The fourth-order valence-corrected chi connectivity index (χ4v) is 3.66. The van der Waals surface area contributed by atoms with Crippen LogP contribution in [0.4, 0.5) is 5.69 Å². The molecule has 0 saturated carbocycles. The molecule has 1 aromatic carbocycles. The van der Waals surface area contributed by atoms with Gasteiger partial charge in [0.25, 0.3) is 5.91 Å². The summed E-state index contributed by atoms with van der Waals surface area (Å²) in [5.74, 6) is -0.0325. The number of aromatic amines is 1. The normalized spacial score (nSPS) is 16.3. The number of anilines is 1. The SMILES string of the molecule is CC(C)c1c[nH]c2ccc(Oc3c(Cl)cc(N4N=C(C#N)C(=O)NC4O)cc3Cl)nc12. The predicted molar refractivity (Wildman–Crippen MR) is 116 cm³/mol. The lowest BCUT2D eigenvalue weighted by Crippen LogP contribution is -2.53. The first-order valence-electron chi connectivity index (χ1n) is 9.20. The molecule has 158 valence electrons. The third-order valence-corrected chi connectivity index (χ3v) is 5.18. The van der Waals surface area contributed by atoms with Gasteiger partial charge in [-0.3, -0.25) is 4.79 Å². The number of fused-ring (bicyclic) bond motifs is 1. The van der Waals surface area contributed by atoms with Crippen LogP contribution in [0, 0.1) is 11.3 Å². The molecule has 0 fully saturated rings. The van der Waals surface area contributed by atoms with E-state index in [2.05, 4.69) is 34.2 Å². The van der Waals surface area contributed by atoms with Gasteiger partial charge < -0.3 is 20.1 Å². The second-order valence-electron chi connectivity index (χ2n) is 7.04. The van der Waals surface area contributed by atoms with Gasteiger partial charge in [-0.15, -0.1) is 0 Å². The zero-order chi connectivity index (χ0) is 22.3. The highest BCUT2D eigenvalue weighted by atomic mass is 35.5. The fraction of sp³-hybridized carbons (Fsp3) is 0.200. The second kappa shape index (κ2) is 8.07. The Morgan fingerprint density at radius 1 is 1.29 bits per heavy atom. The van der Waals surface area contributed by atoms with Gasteiger partial charge in [0.2, 0.25) is 17.9 Å². The van der Waals surface area contributed by atoms with Crippen LogP contribution >= 0.6 is 23.2 Å². The number of nitriles is 1. The number of H-pyrrole nitrogens is 1. The number of rotatable bonds is 4. The van der Waals surface area contributed by atoms with Crippen LogP contribution in [0.5, 0.6) is 11.6 Å². The van der Waals surface area contributed by atoms with Gasteiger partial charge in [0.1, 0.15) is 6.07 Å². The highest BCUT2D eigenvalue weighted by molar-refractivity contribution is 6.45. The van der Waals surface area contributed by atoms with Crippen molar-refractivity contribution >= 4 is 51.5 Å². The molecule has 1 aliphatic heterocycles. The van der Waals surface area contributed by atoms with Gasteiger partial charge in [0, 0.05) is 12.3 Å². The van der Waals surface area contributed by atoms with Gasteiger partial charge >= 0.3 is 0 Å². The first-order chi connectivity index (χ1) is 14.8. The number of nitrogens with one attached hydrogen (secondary N) is 2. The zero-order valence-corrected chi connectivity index (χ0v) is 17.9. The third-order valence-electron chi connectivity index (χ3n) is 4.62. The van der Waals surface area contributed by atoms with Crippen LogP contribution in [0.2, 0.25) is 10.0 Å². The minimum absolute atomic E-state index is 0.125. The minimum atomic E-state index is -1.49. The maximum Gasteiger partial charge on any atom is 0.286 e. The summed E-state index contributed by atoms with van der Waals surface area (Å²) in [6.45, 7) is 4.14. The highest BCUT2D eigenvalue weighted by Gasteiger charge is 2.29. The summed E-state index contributed by atoms with van der Waals surface area (Å²) in [4.78, 5) is 19.4. The summed E-state index contributed by atoms with van der Waals surface area (Å²) >= 11 is 12.8. The number of carbonyl (C=O) groups excluding carboxylic acids is 1. The molecule has 0 bridgehead atoms. The van der Waals surface area contributed by atoms with Gasteiger partial charge in [-0.25, -0.2) is 9.99 Å². The number of aromatic nitrogens is 2. The highest BCUT2D eigenvalue weighted by Crippen LogP contribution is 2.40. The van der Waals surface area contributed by atoms with Gasteiger partial charge in [-0.2, -0.15) is 10.4 Å². The quantitative estimate of drug-likeness (QED) is 0.544. The molecular weight excluding hydrogens is 443 g/mol. The summed E-state index contributed by atoms with van der Waals surface area (Å²) in [5.41, 5.74) is 2.57. The molecule has 1 amide bonds. The van der Waals surface area contributed by atoms with E-state index in [-0.39, 0.29) is 27.4 Å². The summed E-state index contributed by atoms with van der Waals surface area (Å²) in [7, 11) is 0. The lowest BCUT2D eigenvalue weighted by Gasteiger charge is -2.29. The van der Waals surface area contributed by atoms with E-state index in [1.165, 1.54) is 12.1 Å².